The molecule has 0 aromatic heterocycles. The second kappa shape index (κ2) is 6.87. The Hall–Kier alpha value is -1.74. The number of fused-ring (bicyclic) bond motifs is 3. The van der Waals surface area contributed by atoms with Crippen LogP contribution in [0.3, 0.4) is 0 Å². The first-order chi connectivity index (χ1) is 12.1. The van der Waals surface area contributed by atoms with E-state index in [0.717, 1.165) is 24.0 Å². The van der Waals surface area contributed by atoms with E-state index in [0.29, 0.717) is 5.56 Å². The summed E-state index contributed by atoms with van der Waals surface area (Å²) < 4.78 is 1.85. The molecule has 25 heavy (non-hydrogen) atoms. The number of aromatic hydroxyl groups is 1. The van der Waals surface area contributed by atoms with Crippen molar-refractivity contribution < 1.29 is 5.11 Å². The van der Waals surface area contributed by atoms with Gasteiger partial charge in [-0.25, -0.2) is 0 Å². The molecule has 0 spiro atoms. The van der Waals surface area contributed by atoms with Crippen molar-refractivity contribution in [2.75, 3.05) is 0 Å². The van der Waals surface area contributed by atoms with Gasteiger partial charge in [-0.2, -0.15) is 5.10 Å². The van der Waals surface area contributed by atoms with Crippen LogP contribution in [0.1, 0.15) is 16.7 Å². The summed E-state index contributed by atoms with van der Waals surface area (Å²) in [4.78, 5) is 0. The van der Waals surface area contributed by atoms with Gasteiger partial charge in [0.1, 0.15) is 11.5 Å². The molecule has 0 fully saturated rings. The van der Waals surface area contributed by atoms with Crippen molar-refractivity contribution in [2.24, 2.45) is 10.2 Å². The summed E-state index contributed by atoms with van der Waals surface area (Å²) in [6, 6.07) is 20.2. The Morgan fingerprint density at radius 2 is 1.36 bits per heavy atom. The molecule has 0 radical (unpaired) electrons. The van der Waals surface area contributed by atoms with Crippen LogP contribution in [0.25, 0.3) is 11.1 Å². The van der Waals surface area contributed by atoms with E-state index in [1.165, 1.54) is 11.1 Å². The molecule has 1 aliphatic rings. The Morgan fingerprint density at radius 1 is 0.800 bits per heavy atom. The highest BCUT2D eigenvalue weighted by Crippen LogP contribution is 2.36. The summed E-state index contributed by atoms with van der Waals surface area (Å²) in [5.41, 5.74) is 6.06. The minimum atomic E-state index is 0.234. The third-order valence-corrected chi connectivity index (χ3v) is 5.51. The summed E-state index contributed by atoms with van der Waals surface area (Å²) in [5.74, 6) is 0.234. The number of phenolic OH excluding ortho intramolecular Hbond substituents is 1. The van der Waals surface area contributed by atoms with E-state index in [1.807, 2.05) is 36.4 Å². The molecular formula is C20H12I2N2O. The molecule has 5 heteroatoms. The number of phenols is 1. The summed E-state index contributed by atoms with van der Waals surface area (Å²) >= 11 is 4.34. The van der Waals surface area contributed by atoms with Crippen LogP contribution in [-0.4, -0.2) is 17.0 Å². The molecule has 0 unspecified atom stereocenters. The molecule has 0 amide bonds. The van der Waals surface area contributed by atoms with Gasteiger partial charge < -0.3 is 5.11 Å². The summed E-state index contributed by atoms with van der Waals surface area (Å²) in [6.45, 7) is 0. The first-order valence-corrected chi connectivity index (χ1v) is 9.79. The lowest BCUT2D eigenvalue weighted by atomic mass is 10.1. The van der Waals surface area contributed by atoms with E-state index in [9.17, 15) is 5.11 Å². The highest BCUT2D eigenvalue weighted by molar-refractivity contribution is 14.1. The molecule has 1 N–H and O–H groups in total. The minimum absolute atomic E-state index is 0.234. The van der Waals surface area contributed by atoms with Gasteiger partial charge in [-0.3, -0.25) is 0 Å². The van der Waals surface area contributed by atoms with Crippen molar-refractivity contribution in [3.05, 3.63) is 84.5 Å². The average molecular weight is 550 g/mol. The SMILES string of the molecule is Oc1c(I)cc(I)cc1C=NN=C1c2ccccc2-c2ccccc21. The molecule has 1 aliphatic carbocycles. The Labute approximate surface area is 172 Å². The Bertz CT molecular complexity index is 994. The van der Waals surface area contributed by atoms with Crippen molar-refractivity contribution in [2.45, 2.75) is 0 Å². The van der Waals surface area contributed by atoms with Gasteiger partial charge in [0.15, 0.2) is 0 Å². The highest BCUT2D eigenvalue weighted by Gasteiger charge is 2.23. The van der Waals surface area contributed by atoms with Crippen molar-refractivity contribution in [1.82, 2.24) is 0 Å². The molecule has 122 valence electrons. The van der Waals surface area contributed by atoms with Gasteiger partial charge >= 0.3 is 0 Å². The lowest BCUT2D eigenvalue weighted by Gasteiger charge is -2.02. The fourth-order valence-electron chi connectivity index (χ4n) is 2.93. The molecule has 0 aliphatic heterocycles. The molecule has 3 aromatic rings. The van der Waals surface area contributed by atoms with Gasteiger partial charge in [-0.15, -0.1) is 5.10 Å². The van der Waals surface area contributed by atoms with Crippen LogP contribution >= 0.6 is 45.2 Å². The van der Waals surface area contributed by atoms with Crippen LogP contribution < -0.4 is 0 Å². The third-order valence-electron chi connectivity index (χ3n) is 4.07. The van der Waals surface area contributed by atoms with Crippen molar-refractivity contribution in [3.63, 3.8) is 0 Å². The fourth-order valence-corrected chi connectivity index (χ4v) is 4.82. The minimum Gasteiger partial charge on any atom is -0.506 e. The molecule has 0 atom stereocenters. The van der Waals surface area contributed by atoms with Gasteiger partial charge in [-0.05, 0) is 68.4 Å². The molecule has 4 rings (SSSR count). The predicted molar refractivity (Wildman–Crippen MR) is 119 cm³/mol. The van der Waals surface area contributed by atoms with Crippen LogP contribution in [-0.2, 0) is 0 Å². The van der Waals surface area contributed by atoms with E-state index in [-0.39, 0.29) is 5.75 Å². The van der Waals surface area contributed by atoms with Crippen molar-refractivity contribution in [1.29, 1.82) is 0 Å². The smallest absolute Gasteiger partial charge is 0.137 e. The standard InChI is InChI=1S/C20H12I2N2O/c21-13-9-12(20(25)18(22)10-13)11-23-24-19-16-7-3-1-5-14(16)15-6-2-4-8-17(15)19/h1-11,25H. The zero-order valence-corrected chi connectivity index (χ0v) is 17.3. The predicted octanol–water partition coefficient (Wildman–Crippen LogP) is 5.45. The second-order valence-corrected chi connectivity index (χ2v) is 8.02. The summed E-state index contributed by atoms with van der Waals surface area (Å²) in [7, 11) is 0. The van der Waals surface area contributed by atoms with E-state index >= 15 is 0 Å². The zero-order valence-electron chi connectivity index (χ0n) is 12.9. The van der Waals surface area contributed by atoms with Crippen molar-refractivity contribution in [3.8, 4) is 16.9 Å². The summed E-state index contributed by atoms with van der Waals surface area (Å²) in [5, 5.41) is 18.9. The molecular weight excluding hydrogens is 538 g/mol. The topological polar surface area (TPSA) is 45.0 Å². The van der Waals surface area contributed by atoms with Crippen LogP contribution in [0.5, 0.6) is 5.75 Å². The number of hydrogen-bond donors (Lipinski definition) is 1. The van der Waals surface area contributed by atoms with Crippen LogP contribution in [0.2, 0.25) is 0 Å². The van der Waals surface area contributed by atoms with Gasteiger partial charge in [0, 0.05) is 20.3 Å². The van der Waals surface area contributed by atoms with Gasteiger partial charge in [0.2, 0.25) is 0 Å². The maximum Gasteiger partial charge on any atom is 0.137 e. The van der Waals surface area contributed by atoms with Gasteiger partial charge in [-0.1, -0.05) is 48.5 Å². The molecule has 0 saturated heterocycles. The van der Waals surface area contributed by atoms with E-state index in [4.69, 9.17) is 0 Å². The maximum absolute atomic E-state index is 10.2. The molecule has 3 nitrogen and oxygen atoms in total. The molecule has 0 bridgehead atoms. The average Bonchev–Trinajstić information content (AvgIpc) is 2.93. The monoisotopic (exact) mass is 550 g/mol. The largest absolute Gasteiger partial charge is 0.506 e. The second-order valence-electron chi connectivity index (χ2n) is 5.61. The highest BCUT2D eigenvalue weighted by atomic mass is 127. The lowest BCUT2D eigenvalue weighted by Crippen LogP contribution is -1.97. The quantitative estimate of drug-likeness (QED) is 0.202. The van der Waals surface area contributed by atoms with Crippen LogP contribution in [0, 0.1) is 7.14 Å². The first kappa shape index (κ1) is 16.7. The molecule has 3 aromatic carbocycles. The number of halogens is 2. The molecule has 0 saturated carbocycles. The van der Waals surface area contributed by atoms with E-state index in [1.54, 1.807) is 6.21 Å². The number of hydrogen-bond acceptors (Lipinski definition) is 3. The van der Waals surface area contributed by atoms with E-state index in [2.05, 4.69) is 79.7 Å². The van der Waals surface area contributed by atoms with Crippen LogP contribution in [0.4, 0.5) is 0 Å². The Morgan fingerprint density at radius 3 is 1.96 bits per heavy atom. The Balaban J connectivity index is 1.78. The van der Waals surface area contributed by atoms with Gasteiger partial charge in [0.05, 0.1) is 9.78 Å². The number of benzene rings is 3. The van der Waals surface area contributed by atoms with E-state index < -0.39 is 0 Å². The summed E-state index contributed by atoms with van der Waals surface area (Å²) in [6.07, 6.45) is 1.61. The fraction of sp³-hybridized carbons (Fsp3) is 0. The normalized spacial score (nSPS) is 12.3. The Kier molecular flexibility index (Phi) is 4.60. The van der Waals surface area contributed by atoms with Crippen LogP contribution in [0.15, 0.2) is 70.9 Å². The lowest BCUT2D eigenvalue weighted by molar-refractivity contribution is 0.470. The first-order valence-electron chi connectivity index (χ1n) is 7.63. The number of rotatable bonds is 2. The maximum atomic E-state index is 10.2. The number of nitrogens with zero attached hydrogens (tertiary/aromatic N) is 2. The van der Waals surface area contributed by atoms with Gasteiger partial charge in [0.25, 0.3) is 0 Å². The third kappa shape index (κ3) is 3.10. The zero-order chi connectivity index (χ0) is 17.4. The molecule has 0 heterocycles. The van der Waals surface area contributed by atoms with Crippen molar-refractivity contribution >= 4 is 57.1 Å².